The van der Waals surface area contributed by atoms with Crippen molar-refractivity contribution >= 4 is 5.69 Å². The van der Waals surface area contributed by atoms with Gasteiger partial charge in [0.25, 0.3) is 5.69 Å². The van der Waals surface area contributed by atoms with Crippen LogP contribution in [0.2, 0.25) is 0 Å². The van der Waals surface area contributed by atoms with Gasteiger partial charge in [-0.15, -0.1) is 0 Å². The van der Waals surface area contributed by atoms with E-state index in [0.717, 1.165) is 31.9 Å². The third-order valence-corrected chi connectivity index (χ3v) is 3.86. The average molecular weight is 301 g/mol. The second-order valence-corrected chi connectivity index (χ2v) is 5.63. The van der Waals surface area contributed by atoms with E-state index in [1.807, 2.05) is 12.1 Å². The smallest absolute Gasteiger partial charge is 0.280 e. The van der Waals surface area contributed by atoms with Crippen LogP contribution in [-0.2, 0) is 6.54 Å². The molecule has 1 aromatic carbocycles. The number of benzene rings is 1. The quantitative estimate of drug-likeness (QED) is 0.694. The lowest BCUT2D eigenvalue weighted by atomic mass is 10.1. The fourth-order valence-electron chi connectivity index (χ4n) is 2.83. The molecular formula is C16H19N3O3. The standard InChI is InChI=1S/C16H19N3O3/c1-12-10-18(9-8-17-12)11-13-6-7-16(22-13)14-4-2-3-5-15(14)19(20)21/h2-7,12,17H,8-11H2,1H3/t12-/m0/s1. The van der Waals surface area contributed by atoms with Gasteiger partial charge >= 0.3 is 0 Å². The summed E-state index contributed by atoms with van der Waals surface area (Å²) >= 11 is 0. The van der Waals surface area contributed by atoms with Crippen LogP contribution in [-0.4, -0.2) is 35.5 Å². The zero-order valence-electron chi connectivity index (χ0n) is 12.5. The summed E-state index contributed by atoms with van der Waals surface area (Å²) < 4.78 is 5.83. The third-order valence-electron chi connectivity index (χ3n) is 3.86. The Balaban J connectivity index is 1.78. The highest BCUT2D eigenvalue weighted by molar-refractivity contribution is 5.69. The Morgan fingerprint density at radius 2 is 2.18 bits per heavy atom. The maximum absolute atomic E-state index is 11.1. The minimum absolute atomic E-state index is 0.0687. The minimum Gasteiger partial charge on any atom is -0.459 e. The summed E-state index contributed by atoms with van der Waals surface area (Å²) in [5.41, 5.74) is 0.589. The molecule has 1 aromatic heterocycles. The van der Waals surface area contributed by atoms with E-state index in [1.165, 1.54) is 6.07 Å². The molecule has 0 amide bonds. The van der Waals surface area contributed by atoms with E-state index in [-0.39, 0.29) is 10.6 Å². The third kappa shape index (κ3) is 3.18. The molecule has 2 aromatic rings. The Hall–Kier alpha value is -2.18. The summed E-state index contributed by atoms with van der Waals surface area (Å²) in [4.78, 5) is 13.0. The van der Waals surface area contributed by atoms with Crippen LogP contribution in [0.1, 0.15) is 12.7 Å². The molecule has 1 N–H and O–H groups in total. The molecular weight excluding hydrogens is 282 g/mol. The van der Waals surface area contributed by atoms with Gasteiger partial charge in [-0.25, -0.2) is 0 Å². The van der Waals surface area contributed by atoms with Crippen molar-refractivity contribution in [3.8, 4) is 11.3 Å². The van der Waals surface area contributed by atoms with Crippen molar-refractivity contribution in [2.75, 3.05) is 19.6 Å². The largest absolute Gasteiger partial charge is 0.459 e. The van der Waals surface area contributed by atoms with Gasteiger partial charge in [0.2, 0.25) is 0 Å². The van der Waals surface area contributed by atoms with Gasteiger partial charge in [0, 0.05) is 31.7 Å². The Kier molecular flexibility index (Phi) is 4.22. The average Bonchev–Trinajstić information content (AvgIpc) is 2.95. The van der Waals surface area contributed by atoms with Crippen molar-refractivity contribution in [1.29, 1.82) is 0 Å². The van der Waals surface area contributed by atoms with Crippen LogP contribution >= 0.6 is 0 Å². The van der Waals surface area contributed by atoms with Crippen LogP contribution in [0.25, 0.3) is 11.3 Å². The lowest BCUT2D eigenvalue weighted by Gasteiger charge is -2.31. The molecule has 3 rings (SSSR count). The monoisotopic (exact) mass is 301 g/mol. The summed E-state index contributed by atoms with van der Waals surface area (Å²) in [7, 11) is 0. The molecule has 1 atom stereocenters. The van der Waals surface area contributed by atoms with E-state index in [9.17, 15) is 10.1 Å². The number of nitro groups is 1. The summed E-state index contributed by atoms with van der Waals surface area (Å²) in [6.45, 7) is 5.81. The van der Waals surface area contributed by atoms with Crippen LogP contribution in [0.15, 0.2) is 40.8 Å². The number of piperazine rings is 1. The van der Waals surface area contributed by atoms with Gasteiger partial charge in [0.1, 0.15) is 11.5 Å². The maximum Gasteiger partial charge on any atom is 0.280 e. The lowest BCUT2D eigenvalue weighted by Crippen LogP contribution is -2.48. The second kappa shape index (κ2) is 6.29. The number of para-hydroxylation sites is 1. The van der Waals surface area contributed by atoms with Gasteiger partial charge in [-0.2, -0.15) is 0 Å². The van der Waals surface area contributed by atoms with Crippen LogP contribution in [0.5, 0.6) is 0 Å². The van der Waals surface area contributed by atoms with E-state index in [4.69, 9.17) is 4.42 Å². The second-order valence-electron chi connectivity index (χ2n) is 5.63. The number of furan rings is 1. The number of nitrogens with one attached hydrogen (secondary N) is 1. The zero-order valence-corrected chi connectivity index (χ0v) is 12.5. The van der Waals surface area contributed by atoms with Gasteiger partial charge < -0.3 is 9.73 Å². The van der Waals surface area contributed by atoms with Crippen LogP contribution in [0.4, 0.5) is 5.69 Å². The molecule has 0 saturated carbocycles. The Morgan fingerprint density at radius 3 is 2.95 bits per heavy atom. The summed E-state index contributed by atoms with van der Waals surface area (Å²) in [6.07, 6.45) is 0. The van der Waals surface area contributed by atoms with Gasteiger partial charge in [0.05, 0.1) is 17.0 Å². The maximum atomic E-state index is 11.1. The summed E-state index contributed by atoms with van der Waals surface area (Å²) in [5.74, 6) is 1.38. The Labute approximate surface area is 128 Å². The minimum atomic E-state index is -0.379. The van der Waals surface area contributed by atoms with Crippen LogP contribution < -0.4 is 5.32 Å². The highest BCUT2D eigenvalue weighted by atomic mass is 16.6. The highest BCUT2D eigenvalue weighted by Gasteiger charge is 2.19. The van der Waals surface area contributed by atoms with E-state index in [0.29, 0.717) is 17.4 Å². The summed E-state index contributed by atoms with van der Waals surface area (Å²) in [6, 6.07) is 10.8. The van der Waals surface area contributed by atoms with Crippen molar-refractivity contribution in [2.45, 2.75) is 19.5 Å². The number of hydrogen-bond donors (Lipinski definition) is 1. The molecule has 0 spiro atoms. The topological polar surface area (TPSA) is 71.5 Å². The molecule has 0 bridgehead atoms. The molecule has 6 heteroatoms. The van der Waals surface area contributed by atoms with Crippen molar-refractivity contribution in [3.05, 3.63) is 52.3 Å². The lowest BCUT2D eigenvalue weighted by molar-refractivity contribution is -0.384. The molecule has 22 heavy (non-hydrogen) atoms. The normalized spacial score (nSPS) is 19.2. The van der Waals surface area contributed by atoms with Crippen LogP contribution in [0.3, 0.4) is 0 Å². The highest BCUT2D eigenvalue weighted by Crippen LogP contribution is 2.31. The fraction of sp³-hybridized carbons (Fsp3) is 0.375. The predicted molar refractivity (Wildman–Crippen MR) is 83.5 cm³/mol. The van der Waals surface area contributed by atoms with Gasteiger partial charge in [-0.3, -0.25) is 15.0 Å². The van der Waals surface area contributed by atoms with Crippen LogP contribution in [0, 0.1) is 10.1 Å². The first kappa shape index (κ1) is 14.7. The molecule has 0 unspecified atom stereocenters. The van der Waals surface area contributed by atoms with E-state index in [2.05, 4.69) is 17.1 Å². The number of hydrogen-bond acceptors (Lipinski definition) is 5. The fourth-order valence-corrected chi connectivity index (χ4v) is 2.83. The van der Waals surface area contributed by atoms with Gasteiger partial charge in [-0.1, -0.05) is 12.1 Å². The van der Waals surface area contributed by atoms with Gasteiger partial charge in [0.15, 0.2) is 0 Å². The SMILES string of the molecule is C[C@H]1CN(Cc2ccc(-c3ccccc3[N+](=O)[O-])o2)CCN1. The van der Waals surface area contributed by atoms with Gasteiger partial charge in [-0.05, 0) is 25.1 Å². The first-order valence-electron chi connectivity index (χ1n) is 7.42. The molecule has 0 radical (unpaired) electrons. The summed E-state index contributed by atoms with van der Waals surface area (Å²) in [5, 5.41) is 14.5. The molecule has 1 aliphatic heterocycles. The predicted octanol–water partition coefficient (Wildman–Crippen LogP) is 2.65. The number of nitro benzene ring substituents is 1. The Morgan fingerprint density at radius 1 is 1.36 bits per heavy atom. The molecule has 1 fully saturated rings. The molecule has 2 heterocycles. The van der Waals surface area contributed by atoms with Crippen molar-refractivity contribution < 1.29 is 9.34 Å². The molecule has 6 nitrogen and oxygen atoms in total. The van der Waals surface area contributed by atoms with E-state index >= 15 is 0 Å². The molecule has 1 aliphatic rings. The zero-order chi connectivity index (χ0) is 15.5. The Bertz CT molecular complexity index is 668. The molecule has 1 saturated heterocycles. The first-order chi connectivity index (χ1) is 10.6. The number of rotatable bonds is 4. The van der Waals surface area contributed by atoms with E-state index in [1.54, 1.807) is 18.2 Å². The molecule has 116 valence electrons. The van der Waals surface area contributed by atoms with E-state index < -0.39 is 0 Å². The van der Waals surface area contributed by atoms with Crippen molar-refractivity contribution in [1.82, 2.24) is 10.2 Å². The first-order valence-corrected chi connectivity index (χ1v) is 7.42. The number of nitrogens with zero attached hydrogens (tertiary/aromatic N) is 2. The van der Waals surface area contributed by atoms with Crippen molar-refractivity contribution in [2.24, 2.45) is 0 Å². The molecule has 0 aliphatic carbocycles. The van der Waals surface area contributed by atoms with Crippen molar-refractivity contribution in [3.63, 3.8) is 0 Å².